The second-order valence-corrected chi connectivity index (χ2v) is 7.54. The average molecular weight is 431 g/mol. The van der Waals surface area contributed by atoms with Crippen LogP contribution >= 0.6 is 23.2 Å². The van der Waals surface area contributed by atoms with Gasteiger partial charge in [0, 0.05) is 22.2 Å². The minimum absolute atomic E-state index is 0.294. The minimum Gasteiger partial charge on any atom is -0.462 e. The topological polar surface area (TPSA) is 59.4 Å². The van der Waals surface area contributed by atoms with Crippen LogP contribution in [0.4, 0.5) is 5.82 Å². The van der Waals surface area contributed by atoms with E-state index < -0.39 is 5.97 Å². The molecule has 8 heteroatoms. The molecular weight excluding hydrogens is 411 g/mol. The van der Waals surface area contributed by atoms with Gasteiger partial charge in [0.2, 0.25) is 0 Å². The molecule has 2 heterocycles. The third kappa shape index (κ3) is 4.10. The van der Waals surface area contributed by atoms with Crippen molar-refractivity contribution in [2.75, 3.05) is 18.6 Å². The molecule has 0 saturated carbocycles. The van der Waals surface area contributed by atoms with Crippen molar-refractivity contribution < 1.29 is 9.53 Å². The van der Waals surface area contributed by atoms with Crippen LogP contribution in [0.2, 0.25) is 10.0 Å². The van der Waals surface area contributed by atoms with E-state index in [-0.39, 0.29) is 0 Å². The predicted octanol–water partition coefficient (Wildman–Crippen LogP) is 4.88. The van der Waals surface area contributed by atoms with Crippen LogP contribution in [0, 0.1) is 0 Å². The zero-order valence-electron chi connectivity index (χ0n) is 15.9. The molecule has 1 aromatic heterocycles. The second-order valence-electron chi connectivity index (χ2n) is 6.70. The number of halogens is 2. The van der Waals surface area contributed by atoms with Crippen LogP contribution in [0.5, 0.6) is 0 Å². The third-order valence-electron chi connectivity index (χ3n) is 4.71. The number of esters is 1. The summed E-state index contributed by atoms with van der Waals surface area (Å²) in [6.07, 6.45) is 0. The molecule has 0 saturated heterocycles. The first kappa shape index (κ1) is 19.8. The van der Waals surface area contributed by atoms with E-state index in [0.29, 0.717) is 48.6 Å². The van der Waals surface area contributed by atoms with Crippen LogP contribution < -0.4 is 5.32 Å². The lowest BCUT2D eigenvalue weighted by Gasteiger charge is -2.29. The number of aromatic nitrogens is 2. The molecule has 2 aromatic carbocycles. The van der Waals surface area contributed by atoms with E-state index in [4.69, 9.17) is 33.0 Å². The van der Waals surface area contributed by atoms with E-state index in [1.165, 1.54) is 0 Å². The van der Waals surface area contributed by atoms with Gasteiger partial charge in [0.05, 0.1) is 19.9 Å². The van der Waals surface area contributed by atoms with Gasteiger partial charge in [0.1, 0.15) is 17.1 Å². The summed E-state index contributed by atoms with van der Waals surface area (Å²) in [5.41, 5.74) is 2.85. The number of rotatable bonds is 5. The lowest BCUT2D eigenvalue weighted by Crippen LogP contribution is -2.37. The molecule has 0 bridgehead atoms. The number of hydrogen-bond donors (Lipinski definition) is 1. The standard InChI is InChI=1S/C21H20Cl2N4O2/c1-2-29-21(28)18-19(14-7-9-16(22)10-8-14)25-27-13-26(12-24-20(18)27)11-15-5-3-4-6-17(15)23/h3-10,24H,2,11-13H2,1H3. The van der Waals surface area contributed by atoms with Gasteiger partial charge in [-0.2, -0.15) is 5.10 Å². The number of carbonyl (C=O) groups is 1. The fraction of sp³-hybridized carbons (Fsp3) is 0.238. The number of nitrogens with one attached hydrogen (secondary N) is 1. The van der Waals surface area contributed by atoms with Crippen molar-refractivity contribution in [2.24, 2.45) is 0 Å². The minimum atomic E-state index is -0.397. The van der Waals surface area contributed by atoms with Crippen molar-refractivity contribution >= 4 is 35.0 Å². The number of fused-ring (bicyclic) bond motifs is 1. The van der Waals surface area contributed by atoms with Gasteiger partial charge in [-0.05, 0) is 30.7 Å². The number of hydrogen-bond acceptors (Lipinski definition) is 5. The van der Waals surface area contributed by atoms with Crippen LogP contribution in [0.1, 0.15) is 22.8 Å². The maximum atomic E-state index is 12.7. The van der Waals surface area contributed by atoms with Crippen molar-refractivity contribution in [3.8, 4) is 11.3 Å². The van der Waals surface area contributed by atoms with Crippen LogP contribution in [0.25, 0.3) is 11.3 Å². The molecule has 0 spiro atoms. The summed E-state index contributed by atoms with van der Waals surface area (Å²) in [4.78, 5) is 14.8. The van der Waals surface area contributed by atoms with E-state index >= 15 is 0 Å². The molecule has 0 amide bonds. The molecule has 150 valence electrons. The summed E-state index contributed by atoms with van der Waals surface area (Å²) in [5.74, 6) is 0.259. The summed E-state index contributed by atoms with van der Waals surface area (Å²) in [6.45, 7) is 3.82. The van der Waals surface area contributed by atoms with Gasteiger partial charge in [-0.15, -0.1) is 0 Å². The van der Waals surface area contributed by atoms with Crippen LogP contribution in [-0.4, -0.2) is 33.9 Å². The summed E-state index contributed by atoms with van der Waals surface area (Å²) in [7, 11) is 0. The van der Waals surface area contributed by atoms with Gasteiger partial charge < -0.3 is 10.1 Å². The number of nitrogens with zero attached hydrogens (tertiary/aromatic N) is 3. The first-order valence-electron chi connectivity index (χ1n) is 9.30. The Kier molecular flexibility index (Phi) is 5.76. The molecule has 6 nitrogen and oxygen atoms in total. The van der Waals surface area contributed by atoms with Gasteiger partial charge >= 0.3 is 5.97 Å². The van der Waals surface area contributed by atoms with Crippen molar-refractivity contribution in [1.29, 1.82) is 0 Å². The summed E-state index contributed by atoms with van der Waals surface area (Å²) < 4.78 is 7.08. The van der Waals surface area contributed by atoms with E-state index in [2.05, 4.69) is 10.2 Å². The fourth-order valence-corrected chi connectivity index (χ4v) is 3.67. The maximum Gasteiger partial charge on any atom is 0.344 e. The molecule has 3 aromatic rings. The fourth-order valence-electron chi connectivity index (χ4n) is 3.35. The molecular formula is C21H20Cl2N4O2. The summed E-state index contributed by atoms with van der Waals surface area (Å²) in [6, 6.07) is 15.0. The second kappa shape index (κ2) is 8.45. The first-order valence-corrected chi connectivity index (χ1v) is 10.1. The quantitative estimate of drug-likeness (QED) is 0.584. The average Bonchev–Trinajstić information content (AvgIpc) is 3.09. The van der Waals surface area contributed by atoms with Crippen molar-refractivity contribution in [3.05, 3.63) is 69.7 Å². The Morgan fingerprint density at radius 3 is 2.66 bits per heavy atom. The molecule has 29 heavy (non-hydrogen) atoms. The van der Waals surface area contributed by atoms with Crippen LogP contribution in [0.3, 0.4) is 0 Å². The van der Waals surface area contributed by atoms with Crippen molar-refractivity contribution in [3.63, 3.8) is 0 Å². The Bertz CT molecular complexity index is 1030. The van der Waals surface area contributed by atoms with E-state index in [9.17, 15) is 4.79 Å². The molecule has 4 rings (SSSR count). The molecule has 0 radical (unpaired) electrons. The molecule has 1 aliphatic heterocycles. The number of benzene rings is 2. The molecule has 1 N–H and O–H groups in total. The van der Waals surface area contributed by atoms with E-state index in [1.807, 2.05) is 36.4 Å². The van der Waals surface area contributed by atoms with Gasteiger partial charge in [-0.3, -0.25) is 4.90 Å². The lowest BCUT2D eigenvalue weighted by molar-refractivity contribution is 0.0527. The van der Waals surface area contributed by atoms with Gasteiger partial charge in [0.25, 0.3) is 0 Å². The van der Waals surface area contributed by atoms with Gasteiger partial charge in [-0.25, -0.2) is 9.48 Å². The highest BCUT2D eigenvalue weighted by Gasteiger charge is 2.29. The smallest absolute Gasteiger partial charge is 0.344 e. The van der Waals surface area contributed by atoms with Crippen molar-refractivity contribution in [1.82, 2.24) is 14.7 Å². The number of anilines is 1. The molecule has 1 aliphatic rings. The summed E-state index contributed by atoms with van der Waals surface area (Å²) >= 11 is 12.3. The Labute approximate surface area is 179 Å². The largest absolute Gasteiger partial charge is 0.462 e. The highest BCUT2D eigenvalue weighted by Crippen LogP contribution is 2.32. The van der Waals surface area contributed by atoms with E-state index in [1.54, 1.807) is 23.7 Å². The van der Waals surface area contributed by atoms with E-state index in [0.717, 1.165) is 16.1 Å². The normalized spacial score (nSPS) is 13.6. The lowest BCUT2D eigenvalue weighted by atomic mass is 10.1. The Hall–Kier alpha value is -2.54. The Morgan fingerprint density at radius 2 is 1.93 bits per heavy atom. The van der Waals surface area contributed by atoms with Gasteiger partial charge in [0.15, 0.2) is 0 Å². The maximum absolute atomic E-state index is 12.7. The number of carbonyl (C=O) groups excluding carboxylic acids is 1. The first-order chi connectivity index (χ1) is 14.1. The summed E-state index contributed by atoms with van der Waals surface area (Å²) in [5, 5.41) is 9.38. The SMILES string of the molecule is CCOC(=O)c1c(-c2ccc(Cl)cc2)nn2c1NCN(Cc1ccccc1Cl)C2. The molecule has 0 aliphatic carbocycles. The third-order valence-corrected chi connectivity index (χ3v) is 5.33. The monoisotopic (exact) mass is 430 g/mol. The molecule has 0 fully saturated rings. The van der Waals surface area contributed by atoms with Crippen LogP contribution in [-0.2, 0) is 18.0 Å². The van der Waals surface area contributed by atoms with Crippen molar-refractivity contribution in [2.45, 2.75) is 20.1 Å². The molecule has 0 atom stereocenters. The Morgan fingerprint density at radius 1 is 1.17 bits per heavy atom. The Balaban J connectivity index is 1.67. The zero-order chi connectivity index (χ0) is 20.4. The molecule has 0 unspecified atom stereocenters. The number of ether oxygens (including phenoxy) is 1. The highest BCUT2D eigenvalue weighted by atomic mass is 35.5. The van der Waals surface area contributed by atoms with Crippen LogP contribution in [0.15, 0.2) is 48.5 Å². The predicted molar refractivity (Wildman–Crippen MR) is 114 cm³/mol. The van der Waals surface area contributed by atoms with Gasteiger partial charge in [-0.1, -0.05) is 53.5 Å². The zero-order valence-corrected chi connectivity index (χ0v) is 17.4. The highest BCUT2D eigenvalue weighted by molar-refractivity contribution is 6.31.